The molecule has 0 radical (unpaired) electrons. The molecule has 0 N–H and O–H groups in total. The molecule has 0 aliphatic carbocycles. The van der Waals surface area contributed by atoms with Gasteiger partial charge in [-0.3, -0.25) is 0 Å². The summed E-state index contributed by atoms with van der Waals surface area (Å²) in [5.74, 6) is 0. The lowest BCUT2D eigenvalue weighted by atomic mass is 10.0. The van der Waals surface area contributed by atoms with Crippen LogP contribution in [-0.4, -0.2) is 9.61 Å². The lowest BCUT2D eigenvalue weighted by Crippen LogP contribution is -1.86. The summed E-state index contributed by atoms with van der Waals surface area (Å²) < 4.78 is 1.96. The first-order chi connectivity index (χ1) is 7.27. The molecule has 0 aliphatic rings. The Morgan fingerprint density at radius 1 is 1.47 bits per heavy atom. The first kappa shape index (κ1) is 9.97. The summed E-state index contributed by atoms with van der Waals surface area (Å²) in [6.07, 6.45) is 5.12. The molecule has 0 aliphatic heterocycles. The second-order valence-electron chi connectivity index (χ2n) is 3.68. The average Bonchev–Trinajstić information content (AvgIpc) is 2.66. The SMILES string of the molecule is C/C=C(\C)c1c(CC)nn2ccccc12. The summed E-state index contributed by atoms with van der Waals surface area (Å²) >= 11 is 0. The number of fused-ring (bicyclic) bond motifs is 1. The summed E-state index contributed by atoms with van der Waals surface area (Å²) in [5, 5.41) is 4.58. The fraction of sp³-hybridized carbons (Fsp3) is 0.308. The molecule has 2 aromatic heterocycles. The minimum Gasteiger partial charge on any atom is -0.240 e. The number of hydrogen-bond acceptors (Lipinski definition) is 1. The molecule has 15 heavy (non-hydrogen) atoms. The van der Waals surface area contributed by atoms with Crippen molar-refractivity contribution in [3.05, 3.63) is 41.7 Å². The Balaban J connectivity index is 2.78. The van der Waals surface area contributed by atoms with Gasteiger partial charge in [-0.15, -0.1) is 0 Å². The summed E-state index contributed by atoms with van der Waals surface area (Å²) in [7, 11) is 0. The number of rotatable bonds is 2. The van der Waals surface area contributed by atoms with Gasteiger partial charge in [0.25, 0.3) is 0 Å². The minimum absolute atomic E-state index is 0.974. The van der Waals surface area contributed by atoms with Gasteiger partial charge in [-0.2, -0.15) is 5.10 Å². The normalized spacial score (nSPS) is 12.3. The Bertz CT molecular complexity index is 506. The topological polar surface area (TPSA) is 17.3 Å². The highest BCUT2D eigenvalue weighted by atomic mass is 15.2. The molecule has 2 rings (SSSR count). The molecule has 0 unspecified atom stereocenters. The van der Waals surface area contributed by atoms with Gasteiger partial charge in [0.1, 0.15) is 0 Å². The van der Waals surface area contributed by atoms with Crippen molar-refractivity contribution in [3.8, 4) is 0 Å². The standard InChI is InChI=1S/C13H16N2/c1-4-10(3)13-11(5-2)14-15-9-7-6-8-12(13)15/h4,6-9H,5H2,1-3H3/b10-4+. The van der Waals surface area contributed by atoms with Crippen LogP contribution in [0.5, 0.6) is 0 Å². The van der Waals surface area contributed by atoms with Crippen LogP contribution in [0.3, 0.4) is 0 Å². The van der Waals surface area contributed by atoms with Crippen LogP contribution in [0.4, 0.5) is 0 Å². The highest BCUT2D eigenvalue weighted by Gasteiger charge is 2.11. The first-order valence-corrected chi connectivity index (χ1v) is 5.37. The molecule has 0 spiro atoms. The predicted octanol–water partition coefficient (Wildman–Crippen LogP) is 3.32. The van der Waals surface area contributed by atoms with Crippen molar-refractivity contribution < 1.29 is 0 Å². The molecular formula is C13H16N2. The molecule has 2 aromatic rings. The third-order valence-corrected chi connectivity index (χ3v) is 2.77. The minimum atomic E-state index is 0.974. The smallest absolute Gasteiger partial charge is 0.0739 e. The molecule has 0 amide bonds. The lowest BCUT2D eigenvalue weighted by Gasteiger charge is -2.00. The highest BCUT2D eigenvalue weighted by molar-refractivity contribution is 5.78. The van der Waals surface area contributed by atoms with Crippen molar-refractivity contribution in [2.75, 3.05) is 0 Å². The van der Waals surface area contributed by atoms with Crippen LogP contribution in [-0.2, 0) is 6.42 Å². The van der Waals surface area contributed by atoms with Gasteiger partial charge in [0, 0.05) is 11.8 Å². The first-order valence-electron chi connectivity index (χ1n) is 5.37. The van der Waals surface area contributed by atoms with Crippen LogP contribution >= 0.6 is 0 Å². The van der Waals surface area contributed by atoms with Gasteiger partial charge in [0.15, 0.2) is 0 Å². The molecule has 0 aromatic carbocycles. The van der Waals surface area contributed by atoms with Crippen LogP contribution in [0.2, 0.25) is 0 Å². The van der Waals surface area contributed by atoms with Crippen LogP contribution in [0.1, 0.15) is 32.0 Å². The average molecular weight is 200 g/mol. The zero-order chi connectivity index (χ0) is 10.8. The second-order valence-corrected chi connectivity index (χ2v) is 3.68. The van der Waals surface area contributed by atoms with E-state index >= 15 is 0 Å². The van der Waals surface area contributed by atoms with E-state index in [4.69, 9.17) is 0 Å². The van der Waals surface area contributed by atoms with E-state index in [1.54, 1.807) is 0 Å². The van der Waals surface area contributed by atoms with Gasteiger partial charge >= 0.3 is 0 Å². The van der Waals surface area contributed by atoms with Gasteiger partial charge < -0.3 is 0 Å². The van der Waals surface area contributed by atoms with Gasteiger partial charge in [0.2, 0.25) is 0 Å². The number of aryl methyl sites for hydroxylation is 1. The predicted molar refractivity (Wildman–Crippen MR) is 63.9 cm³/mol. The maximum Gasteiger partial charge on any atom is 0.0739 e. The zero-order valence-corrected chi connectivity index (χ0v) is 9.49. The molecule has 0 atom stereocenters. The second kappa shape index (κ2) is 3.89. The van der Waals surface area contributed by atoms with E-state index in [-0.39, 0.29) is 0 Å². The van der Waals surface area contributed by atoms with E-state index in [0.29, 0.717) is 0 Å². The Labute approximate surface area is 90.2 Å². The van der Waals surface area contributed by atoms with E-state index in [2.05, 4.69) is 44.1 Å². The summed E-state index contributed by atoms with van der Waals surface area (Å²) in [6, 6.07) is 6.19. The molecule has 0 fully saturated rings. The fourth-order valence-electron chi connectivity index (χ4n) is 1.87. The summed E-state index contributed by atoms with van der Waals surface area (Å²) in [4.78, 5) is 0. The quantitative estimate of drug-likeness (QED) is 0.727. The third kappa shape index (κ3) is 1.56. The van der Waals surface area contributed by atoms with Gasteiger partial charge in [0.05, 0.1) is 11.2 Å². The van der Waals surface area contributed by atoms with Gasteiger partial charge in [-0.25, -0.2) is 4.52 Å². The van der Waals surface area contributed by atoms with E-state index in [1.807, 2.05) is 16.8 Å². The molecule has 0 saturated carbocycles. The number of allylic oxidation sites excluding steroid dienone is 2. The number of pyridine rings is 1. The van der Waals surface area contributed by atoms with E-state index < -0.39 is 0 Å². The Morgan fingerprint density at radius 3 is 2.93 bits per heavy atom. The molecule has 2 heteroatoms. The number of hydrogen-bond donors (Lipinski definition) is 0. The maximum absolute atomic E-state index is 4.58. The van der Waals surface area contributed by atoms with Crippen molar-refractivity contribution in [1.29, 1.82) is 0 Å². The summed E-state index contributed by atoms with van der Waals surface area (Å²) in [5.41, 5.74) is 4.97. The van der Waals surface area contributed by atoms with Crippen LogP contribution in [0, 0.1) is 0 Å². The van der Waals surface area contributed by atoms with Crippen LogP contribution in [0.25, 0.3) is 11.1 Å². The van der Waals surface area contributed by atoms with Crippen molar-refractivity contribution >= 4 is 11.1 Å². The molecule has 2 nitrogen and oxygen atoms in total. The third-order valence-electron chi connectivity index (χ3n) is 2.77. The van der Waals surface area contributed by atoms with Crippen molar-refractivity contribution in [1.82, 2.24) is 9.61 Å². The molecular weight excluding hydrogens is 184 g/mol. The Kier molecular flexibility index (Phi) is 2.58. The lowest BCUT2D eigenvalue weighted by molar-refractivity contribution is 0.897. The number of aromatic nitrogens is 2. The number of nitrogens with zero attached hydrogens (tertiary/aromatic N) is 2. The molecule has 0 bridgehead atoms. The largest absolute Gasteiger partial charge is 0.240 e. The molecule has 0 saturated heterocycles. The fourth-order valence-corrected chi connectivity index (χ4v) is 1.87. The van der Waals surface area contributed by atoms with E-state index in [9.17, 15) is 0 Å². The van der Waals surface area contributed by atoms with Gasteiger partial charge in [-0.05, 0) is 38.0 Å². The highest BCUT2D eigenvalue weighted by Crippen LogP contribution is 2.24. The maximum atomic E-state index is 4.58. The Hall–Kier alpha value is -1.57. The monoisotopic (exact) mass is 200 g/mol. The molecule has 2 heterocycles. The van der Waals surface area contributed by atoms with Gasteiger partial charge in [-0.1, -0.05) is 19.1 Å². The molecule has 78 valence electrons. The van der Waals surface area contributed by atoms with Crippen molar-refractivity contribution in [2.45, 2.75) is 27.2 Å². The van der Waals surface area contributed by atoms with E-state index in [0.717, 1.165) is 6.42 Å². The zero-order valence-electron chi connectivity index (χ0n) is 9.49. The van der Waals surface area contributed by atoms with Crippen molar-refractivity contribution in [3.63, 3.8) is 0 Å². The van der Waals surface area contributed by atoms with Crippen molar-refractivity contribution in [2.24, 2.45) is 0 Å². The van der Waals surface area contributed by atoms with Crippen LogP contribution in [0.15, 0.2) is 30.5 Å². The summed E-state index contributed by atoms with van der Waals surface area (Å²) in [6.45, 7) is 6.36. The van der Waals surface area contributed by atoms with E-state index in [1.165, 1.54) is 22.3 Å². The van der Waals surface area contributed by atoms with Crippen LogP contribution < -0.4 is 0 Å². The Morgan fingerprint density at radius 2 is 2.27 bits per heavy atom.